The highest BCUT2D eigenvalue weighted by atomic mass is 35.5. The standard InChI is InChI=1S/C14H16ClN5OS/c1-9(10-2-3-10)16-13(21)8-22-14-17-18-19-20(14)12-6-4-11(15)5-7-12/h4-7,9-10H,2-3,8H2,1H3,(H,16,21)/t9-/m0/s1. The predicted octanol–water partition coefficient (Wildman–Crippen LogP) is 2.32. The number of hydrogen-bond acceptors (Lipinski definition) is 5. The van der Waals surface area contributed by atoms with Crippen molar-refractivity contribution < 1.29 is 4.79 Å². The third kappa shape index (κ3) is 3.78. The Morgan fingerprint density at radius 2 is 2.18 bits per heavy atom. The molecule has 0 radical (unpaired) electrons. The molecule has 1 aromatic carbocycles. The summed E-state index contributed by atoms with van der Waals surface area (Å²) in [6, 6.07) is 7.46. The molecule has 2 aromatic rings. The van der Waals surface area contributed by atoms with Gasteiger partial charge in [-0.05, 0) is 60.4 Å². The van der Waals surface area contributed by atoms with E-state index in [-0.39, 0.29) is 11.9 Å². The van der Waals surface area contributed by atoms with E-state index in [1.807, 2.05) is 12.1 Å². The van der Waals surface area contributed by atoms with E-state index < -0.39 is 0 Å². The van der Waals surface area contributed by atoms with Crippen LogP contribution in [0.1, 0.15) is 19.8 Å². The summed E-state index contributed by atoms with van der Waals surface area (Å²) in [6.07, 6.45) is 2.42. The van der Waals surface area contributed by atoms with Crippen LogP contribution in [-0.2, 0) is 4.79 Å². The minimum absolute atomic E-state index is 0.00931. The highest BCUT2D eigenvalue weighted by Crippen LogP contribution is 2.32. The van der Waals surface area contributed by atoms with Crippen LogP contribution in [0.4, 0.5) is 0 Å². The lowest BCUT2D eigenvalue weighted by Crippen LogP contribution is -2.35. The van der Waals surface area contributed by atoms with E-state index in [1.54, 1.807) is 16.8 Å². The summed E-state index contributed by atoms with van der Waals surface area (Å²) in [5, 5.41) is 15.8. The Bertz CT molecular complexity index is 656. The molecule has 1 atom stereocenters. The van der Waals surface area contributed by atoms with E-state index in [9.17, 15) is 4.79 Å². The Morgan fingerprint density at radius 1 is 1.45 bits per heavy atom. The molecule has 116 valence electrons. The second kappa shape index (κ2) is 6.66. The van der Waals surface area contributed by atoms with E-state index in [4.69, 9.17) is 11.6 Å². The van der Waals surface area contributed by atoms with Gasteiger partial charge in [0.05, 0.1) is 11.4 Å². The first-order valence-corrected chi connectivity index (χ1v) is 8.46. The Balaban J connectivity index is 1.60. The number of tetrazole rings is 1. The molecule has 0 bridgehead atoms. The molecule has 1 saturated carbocycles. The Morgan fingerprint density at radius 3 is 2.86 bits per heavy atom. The van der Waals surface area contributed by atoms with Crippen LogP contribution in [0.15, 0.2) is 29.4 Å². The summed E-state index contributed by atoms with van der Waals surface area (Å²) in [4.78, 5) is 11.9. The molecule has 1 aliphatic rings. The SMILES string of the molecule is C[C@H](NC(=O)CSc1nnnn1-c1ccc(Cl)cc1)C1CC1. The Labute approximate surface area is 137 Å². The molecule has 22 heavy (non-hydrogen) atoms. The quantitative estimate of drug-likeness (QED) is 0.819. The van der Waals surface area contributed by atoms with Crippen LogP contribution in [-0.4, -0.2) is 37.9 Å². The lowest BCUT2D eigenvalue weighted by Gasteiger charge is -2.12. The zero-order valence-corrected chi connectivity index (χ0v) is 13.6. The Hall–Kier alpha value is -1.60. The van der Waals surface area contributed by atoms with Gasteiger partial charge in [-0.15, -0.1) is 5.10 Å². The maximum atomic E-state index is 11.9. The molecule has 0 saturated heterocycles. The van der Waals surface area contributed by atoms with E-state index in [0.717, 1.165) is 5.69 Å². The molecular weight excluding hydrogens is 322 g/mol. The van der Waals surface area contributed by atoms with E-state index >= 15 is 0 Å². The average molecular weight is 338 g/mol. The molecule has 1 N–H and O–H groups in total. The van der Waals surface area contributed by atoms with Gasteiger partial charge < -0.3 is 5.32 Å². The van der Waals surface area contributed by atoms with Crippen molar-refractivity contribution in [2.75, 3.05) is 5.75 Å². The van der Waals surface area contributed by atoms with Gasteiger partial charge in [0.25, 0.3) is 0 Å². The van der Waals surface area contributed by atoms with Crippen molar-refractivity contribution in [3.63, 3.8) is 0 Å². The van der Waals surface area contributed by atoms with Gasteiger partial charge in [-0.3, -0.25) is 4.79 Å². The van der Waals surface area contributed by atoms with Crippen LogP contribution in [0.2, 0.25) is 5.02 Å². The molecule has 1 fully saturated rings. The summed E-state index contributed by atoms with van der Waals surface area (Å²) in [6.45, 7) is 2.05. The second-order valence-electron chi connectivity index (χ2n) is 5.33. The van der Waals surface area contributed by atoms with Gasteiger partial charge in [0.15, 0.2) is 0 Å². The van der Waals surface area contributed by atoms with Gasteiger partial charge in [-0.1, -0.05) is 23.4 Å². The summed E-state index contributed by atoms with van der Waals surface area (Å²) in [5.74, 6) is 0.953. The topological polar surface area (TPSA) is 72.7 Å². The summed E-state index contributed by atoms with van der Waals surface area (Å²) < 4.78 is 1.60. The third-order valence-electron chi connectivity index (χ3n) is 3.56. The van der Waals surface area contributed by atoms with Crippen molar-refractivity contribution in [2.45, 2.75) is 31.0 Å². The number of benzene rings is 1. The lowest BCUT2D eigenvalue weighted by atomic mass is 10.2. The van der Waals surface area contributed by atoms with Gasteiger partial charge >= 0.3 is 0 Å². The van der Waals surface area contributed by atoms with Crippen LogP contribution in [0, 0.1) is 5.92 Å². The van der Waals surface area contributed by atoms with E-state index in [2.05, 4.69) is 27.8 Å². The number of aromatic nitrogens is 4. The molecule has 1 amide bonds. The van der Waals surface area contributed by atoms with Crippen molar-refractivity contribution >= 4 is 29.3 Å². The minimum Gasteiger partial charge on any atom is -0.353 e. The van der Waals surface area contributed by atoms with Crippen molar-refractivity contribution in [2.24, 2.45) is 5.92 Å². The van der Waals surface area contributed by atoms with Gasteiger partial charge in [0.2, 0.25) is 11.1 Å². The number of hydrogen-bond donors (Lipinski definition) is 1. The van der Waals surface area contributed by atoms with Crippen LogP contribution in [0.25, 0.3) is 5.69 Å². The Kier molecular flexibility index (Phi) is 4.63. The number of halogens is 1. The van der Waals surface area contributed by atoms with Crippen LogP contribution in [0.3, 0.4) is 0 Å². The summed E-state index contributed by atoms with van der Waals surface area (Å²) >= 11 is 7.19. The average Bonchev–Trinajstić information content (AvgIpc) is 3.25. The number of nitrogens with zero attached hydrogens (tertiary/aromatic N) is 4. The van der Waals surface area contributed by atoms with Crippen LogP contribution >= 0.6 is 23.4 Å². The largest absolute Gasteiger partial charge is 0.353 e. The third-order valence-corrected chi connectivity index (χ3v) is 4.73. The fourth-order valence-corrected chi connectivity index (χ4v) is 2.98. The van der Waals surface area contributed by atoms with Crippen molar-refractivity contribution in [3.8, 4) is 5.69 Å². The number of carbonyl (C=O) groups excluding carboxylic acids is 1. The fourth-order valence-electron chi connectivity index (χ4n) is 2.15. The molecule has 1 aromatic heterocycles. The van der Waals surface area contributed by atoms with Gasteiger partial charge in [0.1, 0.15) is 0 Å². The van der Waals surface area contributed by atoms with Gasteiger partial charge in [-0.2, -0.15) is 4.68 Å². The molecule has 3 rings (SSSR count). The summed E-state index contributed by atoms with van der Waals surface area (Å²) in [7, 11) is 0. The smallest absolute Gasteiger partial charge is 0.230 e. The lowest BCUT2D eigenvalue weighted by molar-refractivity contribution is -0.119. The molecule has 8 heteroatoms. The zero-order valence-electron chi connectivity index (χ0n) is 12.1. The molecule has 0 spiro atoms. The first-order valence-electron chi connectivity index (χ1n) is 7.10. The molecular formula is C14H16ClN5OS. The predicted molar refractivity (Wildman–Crippen MR) is 85.2 cm³/mol. The van der Waals surface area contributed by atoms with Crippen LogP contribution < -0.4 is 5.32 Å². The second-order valence-corrected chi connectivity index (χ2v) is 6.71. The summed E-state index contributed by atoms with van der Waals surface area (Å²) in [5.41, 5.74) is 0.809. The molecule has 1 heterocycles. The first kappa shape index (κ1) is 15.3. The number of carbonyl (C=O) groups is 1. The maximum Gasteiger partial charge on any atom is 0.230 e. The molecule has 0 unspecified atom stereocenters. The first-order chi connectivity index (χ1) is 10.6. The number of amides is 1. The van der Waals surface area contributed by atoms with Crippen molar-refractivity contribution in [1.82, 2.24) is 25.5 Å². The normalized spacial score (nSPS) is 15.5. The van der Waals surface area contributed by atoms with Gasteiger partial charge in [-0.25, -0.2) is 0 Å². The number of rotatable bonds is 6. The van der Waals surface area contributed by atoms with Crippen molar-refractivity contribution in [1.29, 1.82) is 0 Å². The molecule has 1 aliphatic carbocycles. The highest BCUT2D eigenvalue weighted by molar-refractivity contribution is 7.99. The molecule has 6 nitrogen and oxygen atoms in total. The highest BCUT2D eigenvalue weighted by Gasteiger charge is 2.28. The minimum atomic E-state index is 0.00931. The van der Waals surface area contributed by atoms with Crippen LogP contribution in [0.5, 0.6) is 0 Å². The fraction of sp³-hybridized carbons (Fsp3) is 0.429. The van der Waals surface area contributed by atoms with Crippen molar-refractivity contribution in [3.05, 3.63) is 29.3 Å². The van der Waals surface area contributed by atoms with E-state index in [0.29, 0.717) is 21.8 Å². The number of thioether (sulfide) groups is 1. The molecule has 0 aliphatic heterocycles. The van der Waals surface area contributed by atoms with E-state index in [1.165, 1.54) is 24.6 Å². The monoisotopic (exact) mass is 337 g/mol. The zero-order chi connectivity index (χ0) is 15.5. The maximum absolute atomic E-state index is 11.9. The number of nitrogens with one attached hydrogen (secondary N) is 1. The van der Waals surface area contributed by atoms with Gasteiger partial charge in [0, 0.05) is 11.1 Å².